The lowest BCUT2D eigenvalue weighted by atomic mass is 9.96. The van der Waals surface area contributed by atoms with Gasteiger partial charge in [-0.15, -0.1) is 0 Å². The van der Waals surface area contributed by atoms with Crippen molar-refractivity contribution in [3.8, 4) is 11.1 Å². The lowest BCUT2D eigenvalue weighted by molar-refractivity contribution is -0.125. The molecule has 15 nitrogen and oxygen atoms in total. The van der Waals surface area contributed by atoms with Crippen LogP contribution in [-0.4, -0.2) is 71.3 Å². The van der Waals surface area contributed by atoms with Crippen molar-refractivity contribution in [3.63, 3.8) is 0 Å². The van der Waals surface area contributed by atoms with Gasteiger partial charge in [-0.1, -0.05) is 72.8 Å². The van der Waals surface area contributed by atoms with Crippen LogP contribution in [0.25, 0.3) is 11.1 Å². The zero-order chi connectivity index (χ0) is 40.6. The second-order valence-electron chi connectivity index (χ2n) is 13.2. The number of anilines is 4. The maximum absolute atomic E-state index is 13.6. The van der Waals surface area contributed by atoms with Crippen LogP contribution in [0.2, 0.25) is 0 Å². The molecule has 57 heavy (non-hydrogen) atoms. The molecule has 4 aromatic carbocycles. The van der Waals surface area contributed by atoms with Crippen LogP contribution >= 0.6 is 0 Å². The van der Waals surface area contributed by atoms with Crippen LogP contribution < -0.4 is 30.5 Å². The predicted octanol–water partition coefficient (Wildman–Crippen LogP) is 5.30. The van der Waals surface area contributed by atoms with Crippen LogP contribution in [0.1, 0.15) is 37.8 Å². The third-order valence-electron chi connectivity index (χ3n) is 9.44. The molecular formula is C40H44N10O5S2. The number of hydrazone groups is 2. The third-order valence-corrected chi connectivity index (χ3v) is 12.3. The van der Waals surface area contributed by atoms with Crippen molar-refractivity contribution < 1.29 is 21.6 Å². The molecule has 1 atom stereocenters. The fourth-order valence-corrected chi connectivity index (χ4v) is 7.66. The van der Waals surface area contributed by atoms with Gasteiger partial charge < -0.3 is 10.2 Å². The van der Waals surface area contributed by atoms with Gasteiger partial charge in [0.2, 0.25) is 31.9 Å². The predicted molar refractivity (Wildman–Crippen MR) is 224 cm³/mol. The fraction of sp³-hybridized carbons (Fsp3) is 0.225. The minimum absolute atomic E-state index is 0.129. The van der Waals surface area contributed by atoms with Gasteiger partial charge in [0.1, 0.15) is 5.82 Å². The second kappa shape index (κ2) is 17.8. The molecule has 1 aromatic heterocycles. The van der Waals surface area contributed by atoms with Crippen molar-refractivity contribution in [2.75, 3.05) is 42.8 Å². The van der Waals surface area contributed by atoms with Gasteiger partial charge in [0, 0.05) is 18.8 Å². The molecule has 0 radical (unpaired) electrons. The smallest absolute Gasteiger partial charge is 0.244 e. The van der Waals surface area contributed by atoms with Crippen molar-refractivity contribution in [1.29, 1.82) is 0 Å². The van der Waals surface area contributed by atoms with Crippen molar-refractivity contribution in [3.05, 3.63) is 120 Å². The van der Waals surface area contributed by atoms with E-state index in [0.717, 1.165) is 11.3 Å². The number of carbonyl (C=O) groups excluding carboxylic acids is 1. The van der Waals surface area contributed by atoms with Crippen LogP contribution in [0.15, 0.2) is 129 Å². The Morgan fingerprint density at radius 2 is 1.26 bits per heavy atom. The Labute approximate surface area is 332 Å². The van der Waals surface area contributed by atoms with E-state index >= 15 is 0 Å². The number of hydrogen-bond acceptors (Lipinski definition) is 12. The summed E-state index contributed by atoms with van der Waals surface area (Å²) in [5.41, 5.74) is 10.7. The second-order valence-corrected chi connectivity index (χ2v) is 17.0. The van der Waals surface area contributed by atoms with Crippen LogP contribution in [-0.2, 0) is 24.8 Å². The van der Waals surface area contributed by atoms with E-state index in [-0.39, 0.29) is 15.7 Å². The van der Waals surface area contributed by atoms with Crippen molar-refractivity contribution in [2.45, 2.75) is 36.5 Å². The minimum Gasteiger partial charge on any atom is -0.355 e. The number of sulfonamides is 2. The van der Waals surface area contributed by atoms with E-state index in [2.05, 4.69) is 40.7 Å². The molecule has 1 fully saturated rings. The van der Waals surface area contributed by atoms with Crippen LogP contribution in [0.4, 0.5) is 23.3 Å². The summed E-state index contributed by atoms with van der Waals surface area (Å²) in [6, 6.07) is 31.9. The molecule has 2 heterocycles. The van der Waals surface area contributed by atoms with Gasteiger partial charge in [-0.3, -0.25) is 10.2 Å². The maximum Gasteiger partial charge on any atom is 0.244 e. The highest BCUT2D eigenvalue weighted by Crippen LogP contribution is 2.38. The van der Waals surface area contributed by atoms with Gasteiger partial charge in [0.25, 0.3) is 0 Å². The Morgan fingerprint density at radius 1 is 0.719 bits per heavy atom. The summed E-state index contributed by atoms with van der Waals surface area (Å²) in [5.74, 6) is 0.653. The maximum atomic E-state index is 13.6. The van der Waals surface area contributed by atoms with E-state index in [1.807, 2.05) is 67.6 Å². The number of rotatable bonds is 14. The Bertz CT molecular complexity index is 2480. The van der Waals surface area contributed by atoms with Gasteiger partial charge in [0.15, 0.2) is 5.82 Å². The SMILES string of the molecule is CNS(=O)(=O)c1ccc(C(C)=NNC(=O)C2CCCN(c3nc(Nc4ccccc4)nc(NN=C(C)c4ccc(S(=O)(=O)NC)cc4)c3-c3ccccc3)C2)cc1. The molecule has 5 N–H and O–H groups in total. The molecule has 1 aliphatic rings. The molecule has 0 saturated carbocycles. The molecule has 1 amide bonds. The van der Waals surface area contributed by atoms with Crippen molar-refractivity contribution in [1.82, 2.24) is 24.8 Å². The van der Waals surface area contributed by atoms with Gasteiger partial charge in [0.05, 0.1) is 32.7 Å². The summed E-state index contributed by atoms with van der Waals surface area (Å²) in [5, 5.41) is 12.3. The first-order valence-corrected chi connectivity index (χ1v) is 21.1. The molecule has 17 heteroatoms. The van der Waals surface area contributed by atoms with E-state index in [1.165, 1.54) is 38.4 Å². The Kier molecular flexibility index (Phi) is 12.7. The standard InChI is InChI=1S/C40H44N10O5S2/c1-27(29-17-21-34(22-18-29)56(52,53)41-3)46-48-37-36(31-12-7-5-8-13-31)38(45-40(44-37)43-33-15-9-6-10-16-33)50-25-11-14-32(26-50)39(51)49-47-28(2)30-19-23-35(24-20-30)57(54,55)42-4/h5-10,12-13,15-24,32,41-42H,11,14,25-26H2,1-4H3,(H,49,51)(H2,43,44,45,48). The molecule has 1 aliphatic heterocycles. The van der Waals surface area contributed by atoms with Gasteiger partial charge in [-0.25, -0.2) is 31.7 Å². The van der Waals surface area contributed by atoms with Crippen LogP contribution in [0.3, 0.4) is 0 Å². The van der Waals surface area contributed by atoms with Gasteiger partial charge in [-0.05, 0) is 93.9 Å². The highest BCUT2D eigenvalue weighted by Gasteiger charge is 2.30. The number of piperidine rings is 1. The Balaban J connectivity index is 1.31. The zero-order valence-corrected chi connectivity index (χ0v) is 33.5. The minimum atomic E-state index is -3.60. The summed E-state index contributed by atoms with van der Waals surface area (Å²) >= 11 is 0. The molecular weight excluding hydrogens is 765 g/mol. The number of nitrogens with one attached hydrogen (secondary N) is 5. The van der Waals surface area contributed by atoms with E-state index in [9.17, 15) is 21.6 Å². The summed E-state index contributed by atoms with van der Waals surface area (Å²) in [6.07, 6.45) is 1.35. The van der Waals surface area contributed by atoms with E-state index in [0.29, 0.717) is 71.6 Å². The molecule has 0 aliphatic carbocycles. The topological polar surface area (TPSA) is 199 Å². The first kappa shape index (κ1) is 40.6. The number of benzene rings is 4. The first-order valence-electron chi connectivity index (χ1n) is 18.2. The van der Waals surface area contributed by atoms with E-state index in [4.69, 9.17) is 9.97 Å². The van der Waals surface area contributed by atoms with E-state index < -0.39 is 26.0 Å². The van der Waals surface area contributed by atoms with Crippen molar-refractivity contribution >= 4 is 60.6 Å². The number of nitrogens with zero attached hydrogens (tertiary/aromatic N) is 5. The number of para-hydroxylation sites is 1. The number of hydrogen-bond donors (Lipinski definition) is 5. The van der Waals surface area contributed by atoms with Crippen LogP contribution in [0.5, 0.6) is 0 Å². The fourth-order valence-electron chi connectivity index (χ4n) is 6.20. The molecule has 1 unspecified atom stereocenters. The molecule has 0 spiro atoms. The normalized spacial score (nSPS) is 15.2. The zero-order valence-electron chi connectivity index (χ0n) is 31.9. The first-order chi connectivity index (χ1) is 27.4. The molecule has 0 bridgehead atoms. The van der Waals surface area contributed by atoms with Crippen LogP contribution in [0, 0.1) is 5.92 Å². The quantitative estimate of drug-likeness (QED) is 0.0725. The van der Waals surface area contributed by atoms with Gasteiger partial charge >= 0.3 is 0 Å². The lowest BCUT2D eigenvalue weighted by Gasteiger charge is -2.34. The molecule has 6 rings (SSSR count). The molecule has 5 aromatic rings. The van der Waals surface area contributed by atoms with Gasteiger partial charge in [-0.2, -0.15) is 20.2 Å². The molecule has 296 valence electrons. The number of aromatic nitrogens is 2. The summed E-state index contributed by atoms with van der Waals surface area (Å²) in [4.78, 5) is 25.9. The largest absolute Gasteiger partial charge is 0.355 e. The highest BCUT2D eigenvalue weighted by molar-refractivity contribution is 7.89. The van der Waals surface area contributed by atoms with E-state index in [1.54, 1.807) is 31.2 Å². The summed E-state index contributed by atoms with van der Waals surface area (Å²) in [6.45, 7) is 4.52. The van der Waals surface area contributed by atoms with Crippen molar-refractivity contribution in [2.24, 2.45) is 16.1 Å². The third kappa shape index (κ3) is 9.87. The average Bonchev–Trinajstić information content (AvgIpc) is 3.25. The molecule has 1 saturated heterocycles. The average molecular weight is 809 g/mol. The highest BCUT2D eigenvalue weighted by atomic mass is 32.2. The number of carbonyl (C=O) groups is 1. The summed E-state index contributed by atoms with van der Waals surface area (Å²) in [7, 11) is -4.46. The monoisotopic (exact) mass is 808 g/mol. The summed E-state index contributed by atoms with van der Waals surface area (Å²) < 4.78 is 53.5. The lowest BCUT2D eigenvalue weighted by Crippen LogP contribution is -2.42. The number of amides is 1. The Hall–Kier alpha value is -6.01. The Morgan fingerprint density at radius 3 is 1.82 bits per heavy atom.